The standard InChI is InChI=1S/C13H20N2S/c1-10(2)8-12(15-14)9-16-13-7-5-4-6-11(13)3/h4-7,12,15H,1,8-9,14H2,2-3H3. The van der Waals surface area contributed by atoms with Crippen LogP contribution in [-0.4, -0.2) is 11.8 Å². The van der Waals surface area contributed by atoms with Gasteiger partial charge in [-0.3, -0.25) is 11.3 Å². The molecule has 0 aliphatic heterocycles. The Hall–Kier alpha value is -0.770. The molecule has 3 N–H and O–H groups in total. The van der Waals surface area contributed by atoms with Crippen molar-refractivity contribution in [2.45, 2.75) is 31.2 Å². The van der Waals surface area contributed by atoms with Gasteiger partial charge in [0.05, 0.1) is 0 Å². The lowest BCUT2D eigenvalue weighted by atomic mass is 10.1. The molecule has 1 rings (SSSR count). The number of thioether (sulfide) groups is 1. The molecule has 1 aromatic rings. The number of hydrogen-bond donors (Lipinski definition) is 2. The van der Waals surface area contributed by atoms with Crippen molar-refractivity contribution in [3.63, 3.8) is 0 Å². The van der Waals surface area contributed by atoms with Crippen molar-refractivity contribution in [1.29, 1.82) is 0 Å². The molecule has 3 heteroatoms. The third kappa shape index (κ3) is 4.39. The highest BCUT2D eigenvalue weighted by Gasteiger charge is 2.08. The van der Waals surface area contributed by atoms with E-state index in [0.717, 1.165) is 17.7 Å². The molecule has 0 aromatic heterocycles. The molecule has 0 bridgehead atoms. The van der Waals surface area contributed by atoms with Gasteiger partial charge in [-0.1, -0.05) is 23.8 Å². The quantitative estimate of drug-likeness (QED) is 0.345. The second kappa shape index (κ2) is 6.74. The van der Waals surface area contributed by atoms with Crippen LogP contribution in [0.5, 0.6) is 0 Å². The van der Waals surface area contributed by atoms with E-state index in [-0.39, 0.29) is 0 Å². The van der Waals surface area contributed by atoms with Gasteiger partial charge in [0.2, 0.25) is 0 Å². The molecule has 1 atom stereocenters. The van der Waals surface area contributed by atoms with E-state index in [1.54, 1.807) is 0 Å². The molecule has 1 aromatic carbocycles. The Morgan fingerprint density at radius 1 is 1.50 bits per heavy atom. The van der Waals surface area contributed by atoms with Crippen LogP contribution in [0.1, 0.15) is 18.9 Å². The van der Waals surface area contributed by atoms with Crippen LogP contribution in [0, 0.1) is 6.92 Å². The highest BCUT2D eigenvalue weighted by atomic mass is 32.2. The zero-order chi connectivity index (χ0) is 12.0. The normalized spacial score (nSPS) is 12.4. The second-order valence-corrected chi connectivity index (χ2v) is 5.16. The van der Waals surface area contributed by atoms with Gasteiger partial charge in [-0.2, -0.15) is 0 Å². The van der Waals surface area contributed by atoms with Crippen LogP contribution in [-0.2, 0) is 0 Å². The Morgan fingerprint density at radius 3 is 2.75 bits per heavy atom. The number of rotatable bonds is 6. The molecule has 0 aliphatic carbocycles. The third-order valence-electron chi connectivity index (χ3n) is 2.36. The summed E-state index contributed by atoms with van der Waals surface area (Å²) in [5, 5.41) is 0. The summed E-state index contributed by atoms with van der Waals surface area (Å²) in [6.45, 7) is 8.07. The fraction of sp³-hybridized carbons (Fsp3) is 0.385. The van der Waals surface area contributed by atoms with Crippen LogP contribution < -0.4 is 11.3 Å². The monoisotopic (exact) mass is 236 g/mol. The van der Waals surface area contributed by atoms with Crippen LogP contribution in [0.4, 0.5) is 0 Å². The zero-order valence-electron chi connectivity index (χ0n) is 9.99. The van der Waals surface area contributed by atoms with Crippen molar-refractivity contribution in [2.75, 3.05) is 5.75 Å². The van der Waals surface area contributed by atoms with Crippen molar-refractivity contribution in [3.8, 4) is 0 Å². The summed E-state index contributed by atoms with van der Waals surface area (Å²) in [5.41, 5.74) is 5.32. The lowest BCUT2D eigenvalue weighted by Crippen LogP contribution is -2.37. The number of nitrogens with one attached hydrogen (secondary N) is 1. The molecular weight excluding hydrogens is 216 g/mol. The first-order valence-electron chi connectivity index (χ1n) is 5.42. The van der Waals surface area contributed by atoms with Crippen molar-refractivity contribution >= 4 is 11.8 Å². The molecule has 16 heavy (non-hydrogen) atoms. The number of benzene rings is 1. The van der Waals surface area contributed by atoms with E-state index >= 15 is 0 Å². The highest BCUT2D eigenvalue weighted by Crippen LogP contribution is 2.23. The maximum atomic E-state index is 5.52. The minimum absolute atomic E-state index is 0.294. The predicted octanol–water partition coefficient (Wildman–Crippen LogP) is 2.89. The van der Waals surface area contributed by atoms with E-state index in [4.69, 9.17) is 5.84 Å². The van der Waals surface area contributed by atoms with E-state index < -0.39 is 0 Å². The van der Waals surface area contributed by atoms with Crippen LogP contribution in [0.2, 0.25) is 0 Å². The topological polar surface area (TPSA) is 38.0 Å². The van der Waals surface area contributed by atoms with Gasteiger partial charge >= 0.3 is 0 Å². The number of aryl methyl sites for hydroxylation is 1. The summed E-state index contributed by atoms with van der Waals surface area (Å²) in [7, 11) is 0. The molecule has 1 unspecified atom stereocenters. The Balaban J connectivity index is 2.49. The van der Waals surface area contributed by atoms with Gasteiger partial charge in [-0.05, 0) is 31.9 Å². The van der Waals surface area contributed by atoms with Crippen LogP contribution >= 0.6 is 11.8 Å². The molecule has 0 heterocycles. The Labute approximate surface area is 102 Å². The molecule has 0 amide bonds. The number of hydrogen-bond acceptors (Lipinski definition) is 3. The second-order valence-electron chi connectivity index (χ2n) is 4.10. The average molecular weight is 236 g/mol. The summed E-state index contributed by atoms with van der Waals surface area (Å²) in [4.78, 5) is 1.32. The molecule has 2 nitrogen and oxygen atoms in total. The summed E-state index contributed by atoms with van der Waals surface area (Å²) < 4.78 is 0. The van der Waals surface area contributed by atoms with Gasteiger partial charge in [-0.25, -0.2) is 0 Å². The fourth-order valence-corrected chi connectivity index (χ4v) is 2.56. The lowest BCUT2D eigenvalue weighted by Gasteiger charge is -2.15. The lowest BCUT2D eigenvalue weighted by molar-refractivity contribution is 0.574. The molecule has 0 radical (unpaired) electrons. The van der Waals surface area contributed by atoms with Gasteiger partial charge in [0.25, 0.3) is 0 Å². The summed E-state index contributed by atoms with van der Waals surface area (Å²) >= 11 is 1.84. The van der Waals surface area contributed by atoms with Crippen LogP contribution in [0.25, 0.3) is 0 Å². The first kappa shape index (κ1) is 13.3. The Bertz CT molecular complexity index is 350. The van der Waals surface area contributed by atoms with Crippen LogP contribution in [0.15, 0.2) is 41.3 Å². The summed E-state index contributed by atoms with van der Waals surface area (Å²) in [6.07, 6.45) is 0.926. The Morgan fingerprint density at radius 2 is 2.19 bits per heavy atom. The summed E-state index contributed by atoms with van der Waals surface area (Å²) in [6, 6.07) is 8.70. The van der Waals surface area contributed by atoms with E-state index in [2.05, 4.69) is 43.2 Å². The molecule has 0 saturated heterocycles. The molecular formula is C13H20N2S. The summed E-state index contributed by atoms with van der Waals surface area (Å²) in [5.74, 6) is 6.49. The predicted molar refractivity (Wildman–Crippen MR) is 72.4 cm³/mol. The van der Waals surface area contributed by atoms with Gasteiger partial charge in [0.1, 0.15) is 0 Å². The van der Waals surface area contributed by atoms with Crippen molar-refractivity contribution in [3.05, 3.63) is 42.0 Å². The van der Waals surface area contributed by atoms with Gasteiger partial charge in [0.15, 0.2) is 0 Å². The van der Waals surface area contributed by atoms with Crippen LogP contribution in [0.3, 0.4) is 0 Å². The van der Waals surface area contributed by atoms with Crippen molar-refractivity contribution in [2.24, 2.45) is 5.84 Å². The molecule has 0 saturated carbocycles. The first-order chi connectivity index (χ1) is 7.63. The minimum atomic E-state index is 0.294. The van der Waals surface area contributed by atoms with Gasteiger partial charge in [-0.15, -0.1) is 18.3 Å². The zero-order valence-corrected chi connectivity index (χ0v) is 10.8. The molecule has 88 valence electrons. The van der Waals surface area contributed by atoms with Crippen molar-refractivity contribution in [1.82, 2.24) is 5.43 Å². The van der Waals surface area contributed by atoms with Crippen molar-refractivity contribution < 1.29 is 0 Å². The molecule has 0 aliphatic rings. The Kier molecular flexibility index (Phi) is 5.60. The minimum Gasteiger partial charge on any atom is -0.271 e. The van der Waals surface area contributed by atoms with E-state index in [9.17, 15) is 0 Å². The highest BCUT2D eigenvalue weighted by molar-refractivity contribution is 7.99. The number of hydrazine groups is 1. The number of nitrogens with two attached hydrogens (primary N) is 1. The smallest absolute Gasteiger partial charge is 0.0341 e. The van der Waals surface area contributed by atoms with Gasteiger partial charge in [0, 0.05) is 16.7 Å². The third-order valence-corrected chi connectivity index (χ3v) is 3.70. The maximum Gasteiger partial charge on any atom is 0.0341 e. The van der Waals surface area contributed by atoms with E-state index in [1.165, 1.54) is 10.5 Å². The fourth-order valence-electron chi connectivity index (χ4n) is 1.50. The molecule has 0 spiro atoms. The molecule has 0 fully saturated rings. The first-order valence-corrected chi connectivity index (χ1v) is 6.41. The SMILES string of the molecule is C=C(C)CC(CSc1ccccc1C)NN. The van der Waals surface area contributed by atoms with Gasteiger partial charge < -0.3 is 0 Å². The van der Waals surface area contributed by atoms with E-state index in [0.29, 0.717) is 6.04 Å². The van der Waals surface area contributed by atoms with E-state index in [1.807, 2.05) is 18.7 Å². The largest absolute Gasteiger partial charge is 0.271 e. The average Bonchev–Trinajstić information content (AvgIpc) is 2.25. The maximum absolute atomic E-state index is 5.52.